The van der Waals surface area contributed by atoms with Crippen molar-refractivity contribution in [2.75, 3.05) is 0 Å². The van der Waals surface area contributed by atoms with Gasteiger partial charge in [-0.1, -0.05) is 24.3 Å². The fourth-order valence-corrected chi connectivity index (χ4v) is 3.40. The molecule has 1 atom stereocenters. The van der Waals surface area contributed by atoms with E-state index in [1.165, 1.54) is 0 Å². The average Bonchev–Trinajstić information content (AvgIpc) is 2.77. The van der Waals surface area contributed by atoms with Crippen molar-refractivity contribution in [1.29, 1.82) is 0 Å². The number of hydrogen-bond acceptors (Lipinski definition) is 2. The normalized spacial score (nSPS) is 12.7. The number of rotatable bonds is 3. The molecule has 0 fully saturated rings. The zero-order valence-electron chi connectivity index (χ0n) is 11.5. The van der Waals surface area contributed by atoms with Gasteiger partial charge >= 0.3 is 0 Å². The van der Waals surface area contributed by atoms with Gasteiger partial charge in [-0.15, -0.1) is 0 Å². The van der Waals surface area contributed by atoms with Gasteiger partial charge in [0.25, 0.3) is 0 Å². The molecule has 3 nitrogen and oxygen atoms in total. The van der Waals surface area contributed by atoms with Crippen LogP contribution in [0, 0.1) is 13.8 Å². The van der Waals surface area contributed by atoms with E-state index in [0.29, 0.717) is 5.75 Å². The number of fused-ring (bicyclic) bond motifs is 1. The highest BCUT2D eigenvalue weighted by molar-refractivity contribution is 7.84. The van der Waals surface area contributed by atoms with Crippen LogP contribution in [0.5, 0.6) is 0 Å². The minimum Gasteiger partial charge on any atom is -0.304 e. The second kappa shape index (κ2) is 5.21. The third-order valence-corrected chi connectivity index (χ3v) is 4.87. The predicted octanol–water partition coefficient (Wildman–Crippen LogP) is 3.26. The molecule has 0 saturated heterocycles. The Morgan fingerprint density at radius 1 is 1.10 bits per heavy atom. The van der Waals surface area contributed by atoms with Gasteiger partial charge in [0.15, 0.2) is 0 Å². The Balaban J connectivity index is 1.99. The van der Waals surface area contributed by atoms with Crippen LogP contribution in [0.2, 0.25) is 0 Å². The molecular weight excluding hydrogens is 268 g/mol. The van der Waals surface area contributed by atoms with E-state index in [1.54, 1.807) is 0 Å². The van der Waals surface area contributed by atoms with Crippen LogP contribution >= 0.6 is 0 Å². The molecule has 3 aromatic rings. The summed E-state index contributed by atoms with van der Waals surface area (Å²) in [6, 6.07) is 13.6. The molecule has 2 heterocycles. The monoisotopic (exact) mass is 284 g/mol. The molecule has 1 aromatic carbocycles. The maximum Gasteiger partial charge on any atom is 0.141 e. The van der Waals surface area contributed by atoms with E-state index in [0.717, 1.165) is 27.5 Å². The van der Waals surface area contributed by atoms with Crippen molar-refractivity contribution in [3.63, 3.8) is 0 Å². The van der Waals surface area contributed by atoms with Crippen molar-refractivity contribution in [1.82, 2.24) is 9.38 Å². The number of imidazole rings is 1. The molecular formula is C16H16N2OS. The minimum atomic E-state index is -1.04. The summed E-state index contributed by atoms with van der Waals surface area (Å²) < 4.78 is 14.5. The Labute approximate surface area is 120 Å². The highest BCUT2D eigenvalue weighted by Gasteiger charge is 2.11. The summed E-state index contributed by atoms with van der Waals surface area (Å²) in [6.07, 6.45) is 2.00. The molecule has 0 aliphatic carbocycles. The maximum atomic E-state index is 12.4. The summed E-state index contributed by atoms with van der Waals surface area (Å²) in [5, 5.41) is 0. The van der Waals surface area contributed by atoms with Crippen molar-refractivity contribution < 1.29 is 4.21 Å². The van der Waals surface area contributed by atoms with Crippen LogP contribution in [0.3, 0.4) is 0 Å². The van der Waals surface area contributed by atoms with Gasteiger partial charge in [-0.05, 0) is 32.0 Å². The van der Waals surface area contributed by atoms with E-state index < -0.39 is 10.8 Å². The van der Waals surface area contributed by atoms with Crippen molar-refractivity contribution in [2.45, 2.75) is 24.5 Å². The second-order valence-corrected chi connectivity index (χ2v) is 6.26. The quantitative estimate of drug-likeness (QED) is 0.740. The van der Waals surface area contributed by atoms with Crippen LogP contribution in [0.4, 0.5) is 0 Å². The number of hydrogen-bond donors (Lipinski definition) is 0. The summed E-state index contributed by atoms with van der Waals surface area (Å²) in [5.74, 6) is 0.490. The van der Waals surface area contributed by atoms with Gasteiger partial charge in [0, 0.05) is 22.3 Å². The smallest absolute Gasteiger partial charge is 0.141 e. The Bertz CT molecular complexity index is 778. The predicted molar refractivity (Wildman–Crippen MR) is 81.2 cm³/mol. The van der Waals surface area contributed by atoms with E-state index in [2.05, 4.69) is 9.38 Å². The van der Waals surface area contributed by atoms with Gasteiger partial charge in [0.05, 0.1) is 22.2 Å². The number of benzene rings is 1. The largest absolute Gasteiger partial charge is 0.304 e. The van der Waals surface area contributed by atoms with Crippen LogP contribution in [-0.2, 0) is 16.6 Å². The maximum absolute atomic E-state index is 12.4. The molecule has 2 aromatic heterocycles. The van der Waals surface area contributed by atoms with Crippen molar-refractivity contribution in [3.05, 3.63) is 65.6 Å². The van der Waals surface area contributed by atoms with Crippen LogP contribution in [0.1, 0.15) is 17.0 Å². The molecule has 102 valence electrons. The van der Waals surface area contributed by atoms with Crippen molar-refractivity contribution >= 4 is 16.4 Å². The first-order valence-electron chi connectivity index (χ1n) is 6.53. The fraction of sp³-hybridized carbons (Fsp3) is 0.188. The van der Waals surface area contributed by atoms with E-state index in [9.17, 15) is 4.21 Å². The Morgan fingerprint density at radius 3 is 2.60 bits per heavy atom. The minimum absolute atomic E-state index is 0.490. The summed E-state index contributed by atoms with van der Waals surface area (Å²) in [5.41, 5.74) is 4.08. The highest BCUT2D eigenvalue weighted by Crippen LogP contribution is 2.18. The number of aryl methyl sites for hydroxylation is 2. The molecule has 3 rings (SSSR count). The molecule has 20 heavy (non-hydrogen) atoms. The summed E-state index contributed by atoms with van der Waals surface area (Å²) in [4.78, 5) is 5.44. The van der Waals surface area contributed by atoms with E-state index in [4.69, 9.17) is 0 Å². The van der Waals surface area contributed by atoms with E-state index in [1.807, 2.05) is 62.5 Å². The van der Waals surface area contributed by atoms with Crippen LogP contribution in [-0.4, -0.2) is 13.6 Å². The molecule has 0 radical (unpaired) electrons. The molecule has 1 unspecified atom stereocenters. The highest BCUT2D eigenvalue weighted by atomic mass is 32.2. The van der Waals surface area contributed by atoms with Crippen molar-refractivity contribution in [2.24, 2.45) is 0 Å². The van der Waals surface area contributed by atoms with E-state index in [-0.39, 0.29) is 0 Å². The van der Waals surface area contributed by atoms with Gasteiger partial charge in [-0.25, -0.2) is 4.98 Å². The number of pyridine rings is 1. The third-order valence-electron chi connectivity index (χ3n) is 3.50. The lowest BCUT2D eigenvalue weighted by molar-refractivity contribution is 0.682. The van der Waals surface area contributed by atoms with Crippen LogP contribution < -0.4 is 0 Å². The van der Waals surface area contributed by atoms with Gasteiger partial charge in [0.2, 0.25) is 0 Å². The molecule has 0 spiro atoms. The third kappa shape index (κ3) is 2.27. The Morgan fingerprint density at radius 2 is 1.85 bits per heavy atom. The van der Waals surface area contributed by atoms with Gasteiger partial charge in [-0.2, -0.15) is 0 Å². The summed E-state index contributed by atoms with van der Waals surface area (Å²) in [7, 11) is -1.04. The molecule has 0 bridgehead atoms. The first-order valence-corrected chi connectivity index (χ1v) is 7.85. The molecule has 0 saturated carbocycles. The number of aromatic nitrogens is 2. The Hall–Kier alpha value is -1.94. The summed E-state index contributed by atoms with van der Waals surface area (Å²) >= 11 is 0. The van der Waals surface area contributed by atoms with Gasteiger partial charge < -0.3 is 4.40 Å². The van der Waals surface area contributed by atoms with Crippen molar-refractivity contribution in [3.8, 4) is 0 Å². The summed E-state index contributed by atoms with van der Waals surface area (Å²) in [6.45, 7) is 4.05. The standard InChI is InChI=1S/C16H16N2OS/c1-12-13(2)18-10-6-7-14(16(18)17-12)11-20(19)15-8-4-3-5-9-15/h3-10H,11H2,1-2H3. The zero-order valence-corrected chi connectivity index (χ0v) is 12.4. The molecule has 0 aliphatic heterocycles. The number of nitrogens with zero attached hydrogens (tertiary/aromatic N) is 2. The first-order chi connectivity index (χ1) is 9.66. The average molecular weight is 284 g/mol. The lowest BCUT2D eigenvalue weighted by atomic mass is 10.3. The second-order valence-electron chi connectivity index (χ2n) is 4.81. The Kier molecular flexibility index (Phi) is 3.40. The van der Waals surface area contributed by atoms with E-state index >= 15 is 0 Å². The SMILES string of the molecule is Cc1nc2c(CS(=O)c3ccccc3)cccn2c1C. The lowest BCUT2D eigenvalue weighted by Gasteiger charge is -2.05. The molecule has 4 heteroatoms. The van der Waals surface area contributed by atoms with Crippen LogP contribution in [0.15, 0.2) is 53.6 Å². The molecule has 0 N–H and O–H groups in total. The molecule has 0 amide bonds. The fourth-order valence-electron chi connectivity index (χ4n) is 2.27. The molecule has 0 aliphatic rings. The topological polar surface area (TPSA) is 34.4 Å². The van der Waals surface area contributed by atoms with Crippen LogP contribution in [0.25, 0.3) is 5.65 Å². The first kappa shape index (κ1) is 13.1. The lowest BCUT2D eigenvalue weighted by Crippen LogP contribution is -1.99. The van der Waals surface area contributed by atoms with Gasteiger partial charge in [0.1, 0.15) is 5.65 Å². The van der Waals surface area contributed by atoms with Gasteiger partial charge in [-0.3, -0.25) is 4.21 Å². The zero-order chi connectivity index (χ0) is 14.1.